The van der Waals surface area contributed by atoms with E-state index in [0.29, 0.717) is 25.7 Å². The number of hydrogen-bond acceptors (Lipinski definition) is 15. The van der Waals surface area contributed by atoms with Gasteiger partial charge < -0.3 is 33.8 Å². The second-order valence-electron chi connectivity index (χ2n) is 28.9. The minimum atomic E-state index is -4.96. The summed E-state index contributed by atoms with van der Waals surface area (Å²) in [6, 6.07) is 0. The van der Waals surface area contributed by atoms with Gasteiger partial charge in [0.1, 0.15) is 19.3 Å². The average molecular weight is 1440 g/mol. The third kappa shape index (κ3) is 72.4. The Morgan fingerprint density at radius 3 is 0.694 bits per heavy atom. The number of rotatable bonds is 79. The highest BCUT2D eigenvalue weighted by molar-refractivity contribution is 7.47. The van der Waals surface area contributed by atoms with Crippen LogP contribution in [-0.2, 0) is 65.4 Å². The molecular weight excluding hydrogens is 1280 g/mol. The first-order valence-corrected chi connectivity index (χ1v) is 44.1. The van der Waals surface area contributed by atoms with Crippen molar-refractivity contribution in [3.63, 3.8) is 0 Å². The number of aliphatic hydroxyl groups excluding tert-OH is 1. The lowest BCUT2D eigenvalue weighted by molar-refractivity contribution is -0.161. The van der Waals surface area contributed by atoms with Crippen LogP contribution in [-0.4, -0.2) is 96.7 Å². The number of hydrogen-bond donors (Lipinski definition) is 3. The summed E-state index contributed by atoms with van der Waals surface area (Å²) in [7, 11) is -9.91. The van der Waals surface area contributed by atoms with Gasteiger partial charge in [-0.1, -0.05) is 369 Å². The monoisotopic (exact) mass is 1440 g/mol. The number of ether oxygens (including phenoxy) is 4. The first kappa shape index (κ1) is 96.1. The molecule has 582 valence electrons. The standard InChI is InChI=1S/C79H154O17P2/c1-6-9-12-15-18-21-24-26-29-34-38-43-48-53-58-63-77(82)90-69-75(96-79(84)65-60-55-50-45-40-36-32-28-31-33-37-41-46-51-56-61-72(4)5)71-94-98(87,88)92-67-73(80)66-91-97(85,86)93-70-74(68-89-76(81)62-57-52-47-42-23-20-17-14-11-8-3)95-78(83)64-59-54-49-44-39-35-30-27-25-22-19-16-13-10-7-2/h72-75,80H,6-71H2,1-5H3,(H,85,86)(H,87,88)/t73-,74+,75+/m0/s1. The third-order valence-corrected chi connectivity index (χ3v) is 20.4. The second-order valence-corrected chi connectivity index (χ2v) is 31.8. The van der Waals surface area contributed by atoms with E-state index >= 15 is 0 Å². The summed E-state index contributed by atoms with van der Waals surface area (Å²) >= 11 is 0. The molecule has 0 saturated carbocycles. The fourth-order valence-corrected chi connectivity index (χ4v) is 13.8. The molecule has 0 rings (SSSR count). The summed E-state index contributed by atoms with van der Waals surface area (Å²) in [5.74, 6) is -1.30. The van der Waals surface area contributed by atoms with E-state index in [9.17, 15) is 43.2 Å². The molecule has 0 saturated heterocycles. The van der Waals surface area contributed by atoms with Crippen LogP contribution in [0.2, 0.25) is 0 Å². The molecule has 0 aliphatic heterocycles. The van der Waals surface area contributed by atoms with Crippen molar-refractivity contribution in [2.45, 2.75) is 438 Å². The van der Waals surface area contributed by atoms with Crippen molar-refractivity contribution in [3.8, 4) is 0 Å². The molecule has 0 aliphatic carbocycles. The van der Waals surface area contributed by atoms with Gasteiger partial charge in [-0.3, -0.25) is 37.3 Å². The molecule has 19 heteroatoms. The van der Waals surface area contributed by atoms with E-state index in [1.807, 2.05) is 0 Å². The Kier molecular flexibility index (Phi) is 70.6. The van der Waals surface area contributed by atoms with Crippen LogP contribution in [0.1, 0.15) is 420 Å². The lowest BCUT2D eigenvalue weighted by Gasteiger charge is -2.21. The molecule has 5 atom stereocenters. The van der Waals surface area contributed by atoms with Gasteiger partial charge in [-0.2, -0.15) is 0 Å². The Balaban J connectivity index is 5.24. The topological polar surface area (TPSA) is 237 Å². The highest BCUT2D eigenvalue weighted by Crippen LogP contribution is 2.45. The van der Waals surface area contributed by atoms with Gasteiger partial charge >= 0.3 is 39.5 Å². The first-order valence-electron chi connectivity index (χ1n) is 41.1. The summed E-state index contributed by atoms with van der Waals surface area (Å²) in [6.07, 6.45) is 62.3. The maximum Gasteiger partial charge on any atom is 0.472 e. The molecule has 98 heavy (non-hydrogen) atoms. The molecule has 0 spiro atoms. The Hall–Kier alpha value is -1.94. The number of aliphatic hydroxyl groups is 1. The smallest absolute Gasteiger partial charge is 0.462 e. The maximum absolute atomic E-state index is 13.1. The molecule has 3 N–H and O–H groups in total. The molecule has 0 aliphatic rings. The Morgan fingerprint density at radius 2 is 0.469 bits per heavy atom. The predicted octanol–water partition coefficient (Wildman–Crippen LogP) is 23.6. The maximum atomic E-state index is 13.1. The molecule has 0 radical (unpaired) electrons. The minimum absolute atomic E-state index is 0.109. The van der Waals surface area contributed by atoms with Crippen molar-refractivity contribution in [2.75, 3.05) is 39.6 Å². The summed E-state index contributed by atoms with van der Waals surface area (Å²) < 4.78 is 68.7. The van der Waals surface area contributed by atoms with Crippen LogP contribution in [0.25, 0.3) is 0 Å². The van der Waals surface area contributed by atoms with E-state index in [-0.39, 0.29) is 25.7 Å². The van der Waals surface area contributed by atoms with Gasteiger partial charge in [-0.05, 0) is 31.6 Å². The van der Waals surface area contributed by atoms with E-state index in [1.165, 1.54) is 244 Å². The van der Waals surface area contributed by atoms with E-state index in [4.69, 9.17) is 37.0 Å². The van der Waals surface area contributed by atoms with Crippen LogP contribution in [0.4, 0.5) is 0 Å². The molecule has 2 unspecified atom stereocenters. The summed E-state index contributed by atoms with van der Waals surface area (Å²) in [4.78, 5) is 72.9. The predicted molar refractivity (Wildman–Crippen MR) is 400 cm³/mol. The highest BCUT2D eigenvalue weighted by atomic mass is 31.2. The number of esters is 4. The van der Waals surface area contributed by atoms with Crippen LogP contribution in [0.15, 0.2) is 0 Å². The molecule has 0 aromatic heterocycles. The molecular formula is C79H154O17P2. The fraction of sp³-hybridized carbons (Fsp3) is 0.949. The molecule has 0 amide bonds. The van der Waals surface area contributed by atoms with Gasteiger partial charge in [-0.25, -0.2) is 9.13 Å². The van der Waals surface area contributed by atoms with Gasteiger partial charge in [0.2, 0.25) is 0 Å². The number of phosphoric ester groups is 2. The Bertz CT molecular complexity index is 1870. The zero-order valence-corrected chi connectivity index (χ0v) is 65.7. The van der Waals surface area contributed by atoms with E-state index < -0.39 is 97.5 Å². The normalized spacial score (nSPS) is 13.9. The van der Waals surface area contributed by atoms with Crippen LogP contribution >= 0.6 is 15.6 Å². The lowest BCUT2D eigenvalue weighted by atomic mass is 10.0. The lowest BCUT2D eigenvalue weighted by Crippen LogP contribution is -2.30. The van der Waals surface area contributed by atoms with Crippen molar-refractivity contribution in [2.24, 2.45) is 5.92 Å². The van der Waals surface area contributed by atoms with Gasteiger partial charge in [0.15, 0.2) is 12.2 Å². The van der Waals surface area contributed by atoms with Gasteiger partial charge in [-0.15, -0.1) is 0 Å². The molecule has 0 aromatic carbocycles. The average Bonchev–Trinajstić information content (AvgIpc) is 0.983. The van der Waals surface area contributed by atoms with Crippen molar-refractivity contribution >= 4 is 39.5 Å². The molecule has 0 aromatic rings. The minimum Gasteiger partial charge on any atom is -0.462 e. The van der Waals surface area contributed by atoms with E-state index in [2.05, 4.69) is 34.6 Å². The van der Waals surface area contributed by atoms with E-state index in [1.54, 1.807) is 0 Å². The van der Waals surface area contributed by atoms with Crippen molar-refractivity contribution in [3.05, 3.63) is 0 Å². The van der Waals surface area contributed by atoms with Crippen LogP contribution in [0.5, 0.6) is 0 Å². The van der Waals surface area contributed by atoms with Crippen LogP contribution in [0.3, 0.4) is 0 Å². The largest absolute Gasteiger partial charge is 0.472 e. The fourth-order valence-electron chi connectivity index (χ4n) is 12.2. The Morgan fingerprint density at radius 1 is 0.276 bits per heavy atom. The summed E-state index contributed by atoms with van der Waals surface area (Å²) in [5.41, 5.74) is 0. The number of carbonyl (C=O) groups excluding carboxylic acids is 4. The van der Waals surface area contributed by atoms with Gasteiger partial charge in [0.05, 0.1) is 26.4 Å². The summed E-state index contributed by atoms with van der Waals surface area (Å²) in [5, 5.41) is 10.6. The molecule has 0 fully saturated rings. The zero-order chi connectivity index (χ0) is 71.9. The molecule has 0 bridgehead atoms. The van der Waals surface area contributed by atoms with Crippen molar-refractivity contribution in [1.82, 2.24) is 0 Å². The van der Waals surface area contributed by atoms with Gasteiger partial charge in [0, 0.05) is 25.7 Å². The highest BCUT2D eigenvalue weighted by Gasteiger charge is 2.30. The first-order chi connectivity index (χ1) is 47.5. The number of phosphoric acid groups is 2. The molecule has 0 heterocycles. The second kappa shape index (κ2) is 72.0. The number of carbonyl (C=O) groups is 4. The van der Waals surface area contributed by atoms with Crippen LogP contribution in [0, 0.1) is 5.92 Å². The SMILES string of the molecule is CCCCCCCCCCCCCCCCCC(=O)OC[C@H](COP(=O)(O)OC[C@@H](O)COP(=O)(O)OC[C@@H](COC(=O)CCCCCCCCCCCC)OC(=O)CCCCCCCCCCCCCCCCC)OC(=O)CCCCCCCCCCCCCCCCCC(C)C. The van der Waals surface area contributed by atoms with Crippen LogP contribution < -0.4 is 0 Å². The number of unbranched alkanes of at least 4 members (excludes halogenated alkanes) is 51. The van der Waals surface area contributed by atoms with Crippen molar-refractivity contribution in [1.29, 1.82) is 0 Å². The van der Waals surface area contributed by atoms with Crippen molar-refractivity contribution < 1.29 is 80.2 Å². The Labute approximate surface area is 600 Å². The zero-order valence-electron chi connectivity index (χ0n) is 63.9. The molecule has 17 nitrogen and oxygen atoms in total. The van der Waals surface area contributed by atoms with E-state index in [0.717, 1.165) is 95.8 Å². The quantitative estimate of drug-likeness (QED) is 0.0222. The third-order valence-electron chi connectivity index (χ3n) is 18.5. The summed E-state index contributed by atoms with van der Waals surface area (Å²) in [6.45, 7) is 7.35. The van der Waals surface area contributed by atoms with Gasteiger partial charge in [0.25, 0.3) is 0 Å².